The number of benzene rings is 4. The topological polar surface area (TPSA) is 255 Å². The summed E-state index contributed by atoms with van der Waals surface area (Å²) in [6.07, 6.45) is 10.7. The first kappa shape index (κ1) is 58.3. The maximum Gasteiger partial charge on any atom is 0.387 e. The number of aromatic nitrogens is 4. The number of alkyl halides is 4. The maximum atomic E-state index is 12.3. The molecule has 380 valence electrons. The van der Waals surface area contributed by atoms with Gasteiger partial charge in [-0.3, -0.25) is 9.59 Å². The van der Waals surface area contributed by atoms with E-state index in [9.17, 15) is 42.5 Å². The summed E-state index contributed by atoms with van der Waals surface area (Å²) in [6.45, 7) is -1.18. The van der Waals surface area contributed by atoms with E-state index < -0.39 is 43.7 Å². The monoisotopic (exact) mass is 997 g/mol. The van der Waals surface area contributed by atoms with Crippen molar-refractivity contribution < 1.29 is 62.2 Å². The van der Waals surface area contributed by atoms with Crippen molar-refractivity contribution in [3.8, 4) is 57.9 Å². The van der Waals surface area contributed by atoms with Crippen LogP contribution in [0.2, 0.25) is 0 Å². The molecule has 0 saturated heterocycles. The lowest BCUT2D eigenvalue weighted by atomic mass is 9.92. The lowest BCUT2D eigenvalue weighted by molar-refractivity contribution is -0.139. The van der Waals surface area contributed by atoms with Crippen molar-refractivity contribution in [2.75, 3.05) is 30.4 Å². The zero-order valence-electron chi connectivity index (χ0n) is 39.4. The summed E-state index contributed by atoms with van der Waals surface area (Å²) in [5, 5.41) is 51.5. The SMILES string of the molecule is C#CC#CC.C[C@@H](O)CCC(=O)[C@@H](CO)c1ccc(Nc2ncc(-c3ccc(OC(F)F)cc3)cn2)cc1.C[C@@H](O)CN.O=C(O)[C@@H](CO)c1ccc(Nc2ncc(-c3ccc(OC(F)F)cc3)cn2)cc1. The van der Waals surface area contributed by atoms with Crippen molar-refractivity contribution in [1.82, 2.24) is 19.9 Å². The molecule has 0 aliphatic heterocycles. The Hall–Kier alpha value is -7.98. The highest BCUT2D eigenvalue weighted by Crippen LogP contribution is 2.27. The molecule has 0 bridgehead atoms. The van der Waals surface area contributed by atoms with E-state index in [-0.39, 0.29) is 36.4 Å². The molecule has 20 heteroatoms. The summed E-state index contributed by atoms with van der Waals surface area (Å²) >= 11 is 0. The van der Waals surface area contributed by atoms with Crippen molar-refractivity contribution in [2.24, 2.45) is 5.73 Å². The Balaban J connectivity index is 0.000000321. The number of carbonyl (C=O) groups excluding carboxylic acids is 1. The van der Waals surface area contributed by atoms with Crippen LogP contribution < -0.4 is 25.8 Å². The van der Waals surface area contributed by atoms with E-state index in [0.717, 1.165) is 11.1 Å². The number of anilines is 4. The Kier molecular flexibility index (Phi) is 25.3. The third kappa shape index (κ3) is 20.9. The van der Waals surface area contributed by atoms with Crippen LogP contribution >= 0.6 is 0 Å². The maximum absolute atomic E-state index is 12.3. The standard InChI is InChI=1S/C24H25F2N3O4.C20H17F2N3O4.C5H4.C3H9NO/c1-15(31)2-11-22(32)21(14-30)17-3-7-19(8-4-17)29-24-27-12-18(13-28-24)16-5-9-20(10-6-16)33-23(25)26;21-19(22)29-16-7-3-12(4-8-16)14-9-23-20(24-10-14)25-15-5-1-13(2-6-15)17(11-26)18(27)28;1-3-5-4-2;1-3(5)2-4/h3-10,12-13,15,21,23,30-31H,2,11,14H2,1H3,(H,27,28,29);1-10,17,19,26H,11H2,(H,27,28)(H,23,24,25);1H,2H3;3,5H,2,4H2,1H3/t15-,21+;17-;;3-/m10.1/s1. The van der Waals surface area contributed by atoms with Crippen LogP contribution in [-0.2, 0) is 9.59 Å². The number of nitrogens with one attached hydrogen (secondary N) is 2. The molecule has 2 heterocycles. The van der Waals surface area contributed by atoms with E-state index in [4.69, 9.17) is 22.4 Å². The number of rotatable bonds is 20. The molecule has 4 aromatic carbocycles. The van der Waals surface area contributed by atoms with E-state index >= 15 is 0 Å². The largest absolute Gasteiger partial charge is 0.481 e. The molecule has 0 aliphatic rings. The van der Waals surface area contributed by atoms with Crippen LogP contribution in [0.1, 0.15) is 56.6 Å². The van der Waals surface area contributed by atoms with Gasteiger partial charge in [0.05, 0.1) is 31.3 Å². The number of aliphatic hydroxyl groups excluding tert-OH is 4. The number of nitrogens with zero attached hydrogens (tertiary/aromatic N) is 4. The first-order valence-corrected chi connectivity index (χ1v) is 21.9. The molecule has 0 amide bonds. The summed E-state index contributed by atoms with van der Waals surface area (Å²) in [7, 11) is 0. The molecule has 6 aromatic rings. The van der Waals surface area contributed by atoms with Gasteiger partial charge >= 0.3 is 19.2 Å². The van der Waals surface area contributed by atoms with Crippen LogP contribution in [0.3, 0.4) is 0 Å². The summed E-state index contributed by atoms with van der Waals surface area (Å²) in [4.78, 5) is 40.4. The number of aliphatic hydroxyl groups is 4. The normalized spacial score (nSPS) is 12.0. The van der Waals surface area contributed by atoms with Crippen molar-refractivity contribution in [3.05, 3.63) is 133 Å². The van der Waals surface area contributed by atoms with Gasteiger partial charge in [-0.15, -0.1) is 6.42 Å². The number of hydrogen-bond donors (Lipinski definition) is 8. The van der Waals surface area contributed by atoms with E-state index in [2.05, 4.69) is 57.8 Å². The lowest BCUT2D eigenvalue weighted by Gasteiger charge is -2.15. The second kappa shape index (κ2) is 31.3. The van der Waals surface area contributed by atoms with Crippen LogP contribution in [0.15, 0.2) is 122 Å². The van der Waals surface area contributed by atoms with Crippen LogP contribution in [0.25, 0.3) is 22.3 Å². The van der Waals surface area contributed by atoms with Crippen LogP contribution in [-0.4, -0.2) is 102 Å². The molecule has 9 N–H and O–H groups in total. The molecular formula is C52H55F4N7O9. The fraction of sp³-hybridized carbons (Fsp3) is 0.269. The van der Waals surface area contributed by atoms with Gasteiger partial charge in [0.15, 0.2) is 0 Å². The lowest BCUT2D eigenvalue weighted by Crippen LogP contribution is -2.18. The Morgan fingerprint density at radius 1 is 0.639 bits per heavy atom. The van der Waals surface area contributed by atoms with Gasteiger partial charge in [-0.25, -0.2) is 19.9 Å². The van der Waals surface area contributed by atoms with Gasteiger partial charge in [0.25, 0.3) is 0 Å². The van der Waals surface area contributed by atoms with Gasteiger partial charge in [-0.05, 0) is 110 Å². The number of ether oxygens (including phenoxy) is 2. The number of terminal acetylenes is 1. The predicted molar refractivity (Wildman–Crippen MR) is 264 cm³/mol. The van der Waals surface area contributed by atoms with Gasteiger partial charge in [0.1, 0.15) is 23.2 Å². The quantitative estimate of drug-likeness (QED) is 0.0267. The third-order valence-electron chi connectivity index (χ3n) is 9.67. The van der Waals surface area contributed by atoms with Gasteiger partial charge < -0.3 is 51.4 Å². The molecule has 0 saturated carbocycles. The van der Waals surface area contributed by atoms with Crippen LogP contribution in [0.4, 0.5) is 40.8 Å². The Bertz CT molecular complexity index is 2630. The number of ketones is 1. The van der Waals surface area contributed by atoms with E-state index in [1.165, 1.54) is 24.3 Å². The van der Waals surface area contributed by atoms with Crippen molar-refractivity contribution in [1.29, 1.82) is 0 Å². The molecule has 6 rings (SSSR count). The van der Waals surface area contributed by atoms with E-state index in [1.54, 1.807) is 118 Å². The van der Waals surface area contributed by atoms with Crippen molar-refractivity contribution in [2.45, 2.75) is 70.9 Å². The molecule has 16 nitrogen and oxygen atoms in total. The number of hydrogen-bond acceptors (Lipinski definition) is 15. The Labute approximate surface area is 414 Å². The van der Waals surface area contributed by atoms with Gasteiger partial charge in [0, 0.05) is 60.3 Å². The number of carbonyl (C=O) groups is 2. The highest BCUT2D eigenvalue weighted by Gasteiger charge is 2.21. The molecule has 0 spiro atoms. The van der Waals surface area contributed by atoms with Gasteiger partial charge in [0.2, 0.25) is 11.9 Å². The van der Waals surface area contributed by atoms with Crippen molar-refractivity contribution >= 4 is 35.0 Å². The fourth-order valence-corrected chi connectivity index (χ4v) is 5.91. The summed E-state index contributed by atoms with van der Waals surface area (Å²) in [5.74, 6) is 5.08. The number of Topliss-reactive ketones (excluding diaryl/α,β-unsaturated/α-hetero) is 1. The fourth-order valence-electron chi connectivity index (χ4n) is 5.91. The molecular weight excluding hydrogens is 943 g/mol. The number of carboxylic acids is 1. The second-order valence-electron chi connectivity index (χ2n) is 15.2. The average Bonchev–Trinajstić information content (AvgIpc) is 3.36. The van der Waals surface area contributed by atoms with Crippen LogP contribution in [0, 0.1) is 24.2 Å². The average molecular weight is 998 g/mol. The molecule has 0 fully saturated rings. The second-order valence-corrected chi connectivity index (χ2v) is 15.2. The zero-order chi connectivity index (χ0) is 53.0. The smallest absolute Gasteiger partial charge is 0.387 e. The summed E-state index contributed by atoms with van der Waals surface area (Å²) in [6, 6.07) is 25.9. The first-order chi connectivity index (χ1) is 34.5. The molecule has 0 aliphatic carbocycles. The Morgan fingerprint density at radius 2 is 1.01 bits per heavy atom. The minimum absolute atomic E-state index is 0.0673. The zero-order valence-corrected chi connectivity index (χ0v) is 39.4. The Morgan fingerprint density at radius 3 is 1.29 bits per heavy atom. The number of aliphatic carboxylic acids is 1. The van der Waals surface area contributed by atoms with Crippen molar-refractivity contribution in [3.63, 3.8) is 0 Å². The molecule has 0 radical (unpaired) electrons. The van der Waals surface area contributed by atoms with Crippen LogP contribution in [0.5, 0.6) is 11.5 Å². The predicted octanol–water partition coefficient (Wildman–Crippen LogP) is 7.91. The first-order valence-electron chi connectivity index (χ1n) is 21.9. The molecule has 2 aromatic heterocycles. The van der Waals surface area contributed by atoms with Gasteiger partial charge in [-0.1, -0.05) is 54.5 Å². The highest BCUT2D eigenvalue weighted by atomic mass is 19.3. The van der Waals surface area contributed by atoms with Gasteiger partial charge in [-0.2, -0.15) is 17.6 Å². The molecule has 72 heavy (non-hydrogen) atoms. The summed E-state index contributed by atoms with van der Waals surface area (Å²) in [5.41, 5.74) is 10.3. The minimum atomic E-state index is -2.87. The highest BCUT2D eigenvalue weighted by molar-refractivity contribution is 5.86. The molecule has 0 unspecified atom stereocenters. The third-order valence-corrected chi connectivity index (χ3v) is 9.67. The van der Waals surface area contributed by atoms with E-state index in [1.807, 2.05) is 0 Å². The van der Waals surface area contributed by atoms with E-state index in [0.29, 0.717) is 58.5 Å². The number of carboxylic acid groups (broad SMARTS) is 1. The molecule has 4 atom stereocenters. The summed E-state index contributed by atoms with van der Waals surface area (Å²) < 4.78 is 57.6. The minimum Gasteiger partial charge on any atom is -0.481 e. The number of nitrogens with two attached hydrogens (primary N) is 1. The number of halogens is 4.